The number of nitrogens with one attached hydrogen (secondary N) is 3. The average Bonchev–Trinajstić information content (AvgIpc) is 3.28. The Hall–Kier alpha value is -5.52. The SMILES string of the molecule is CCCCC(CC)COC(=O)c1ccc(NCc2nc(Nc3ccc(C(=O)OCC(CC)CCCC)cc3)nc(Nc3ccc(C(=O)OCC(CC)CCCC)cc3)n2)cc1. The van der Waals surface area contributed by atoms with Crippen LogP contribution in [0.5, 0.6) is 0 Å². The minimum absolute atomic E-state index is 0.245. The quantitative estimate of drug-likeness (QED) is 0.0368. The zero-order chi connectivity index (χ0) is 43.8. The zero-order valence-corrected chi connectivity index (χ0v) is 37.3. The molecule has 12 heteroatoms. The molecule has 0 saturated heterocycles. The van der Waals surface area contributed by atoms with E-state index in [1.807, 2.05) is 12.1 Å². The number of hydrogen-bond acceptors (Lipinski definition) is 12. The van der Waals surface area contributed by atoms with Gasteiger partial charge in [-0.15, -0.1) is 0 Å². The van der Waals surface area contributed by atoms with Gasteiger partial charge in [-0.1, -0.05) is 99.3 Å². The molecular weight excluding hydrogens is 769 g/mol. The molecular formula is C49H68N6O6. The average molecular weight is 837 g/mol. The molecule has 0 aliphatic carbocycles. The van der Waals surface area contributed by atoms with E-state index in [4.69, 9.17) is 14.2 Å². The molecule has 12 nitrogen and oxygen atoms in total. The lowest BCUT2D eigenvalue weighted by molar-refractivity contribution is 0.0419. The van der Waals surface area contributed by atoms with Crippen LogP contribution in [0.3, 0.4) is 0 Å². The minimum atomic E-state index is -0.351. The van der Waals surface area contributed by atoms with Gasteiger partial charge in [0.05, 0.1) is 43.1 Å². The first kappa shape index (κ1) is 48.1. The highest BCUT2D eigenvalue weighted by Gasteiger charge is 2.16. The van der Waals surface area contributed by atoms with E-state index in [9.17, 15) is 14.4 Å². The molecule has 3 aromatic carbocycles. The maximum Gasteiger partial charge on any atom is 0.338 e. The molecule has 0 spiro atoms. The van der Waals surface area contributed by atoms with Gasteiger partial charge >= 0.3 is 17.9 Å². The Morgan fingerprint density at radius 1 is 0.475 bits per heavy atom. The van der Waals surface area contributed by atoms with Crippen LogP contribution in [0.1, 0.15) is 155 Å². The fourth-order valence-electron chi connectivity index (χ4n) is 6.68. The van der Waals surface area contributed by atoms with Gasteiger partial charge in [-0.05, 0) is 110 Å². The van der Waals surface area contributed by atoms with E-state index in [-0.39, 0.29) is 36.3 Å². The number of esters is 3. The summed E-state index contributed by atoms with van der Waals surface area (Å²) in [5.41, 5.74) is 3.52. The molecule has 61 heavy (non-hydrogen) atoms. The Bertz CT molecular complexity index is 1810. The predicted molar refractivity (Wildman–Crippen MR) is 244 cm³/mol. The summed E-state index contributed by atoms with van der Waals surface area (Å²) in [4.78, 5) is 52.4. The lowest BCUT2D eigenvalue weighted by atomic mass is 10.0. The predicted octanol–water partition coefficient (Wildman–Crippen LogP) is 12.1. The van der Waals surface area contributed by atoms with Crippen molar-refractivity contribution in [1.82, 2.24) is 15.0 Å². The first-order chi connectivity index (χ1) is 29.7. The highest BCUT2D eigenvalue weighted by Crippen LogP contribution is 2.22. The molecule has 4 rings (SSSR count). The number of benzene rings is 3. The van der Waals surface area contributed by atoms with Gasteiger partial charge in [-0.3, -0.25) is 0 Å². The molecule has 0 bridgehead atoms. The third kappa shape index (κ3) is 16.8. The van der Waals surface area contributed by atoms with Crippen molar-refractivity contribution in [2.24, 2.45) is 17.8 Å². The number of hydrogen-bond donors (Lipinski definition) is 3. The second-order valence-electron chi connectivity index (χ2n) is 15.8. The number of anilines is 5. The van der Waals surface area contributed by atoms with Gasteiger partial charge in [0.15, 0.2) is 5.82 Å². The molecule has 0 aliphatic rings. The topological polar surface area (TPSA) is 154 Å². The third-order valence-electron chi connectivity index (χ3n) is 11.0. The normalized spacial score (nSPS) is 12.5. The van der Waals surface area contributed by atoms with E-state index >= 15 is 0 Å². The monoisotopic (exact) mass is 837 g/mol. The molecule has 0 aliphatic heterocycles. The molecule has 4 aromatic rings. The summed E-state index contributed by atoms with van der Waals surface area (Å²) in [5, 5.41) is 9.82. The maximum absolute atomic E-state index is 12.8. The third-order valence-corrected chi connectivity index (χ3v) is 11.0. The van der Waals surface area contributed by atoms with Gasteiger partial charge in [0.1, 0.15) is 0 Å². The van der Waals surface area contributed by atoms with E-state index < -0.39 is 0 Å². The largest absolute Gasteiger partial charge is 0.462 e. The minimum Gasteiger partial charge on any atom is -0.462 e. The van der Waals surface area contributed by atoms with Gasteiger partial charge in [-0.2, -0.15) is 15.0 Å². The Labute approximate surface area is 363 Å². The molecule has 3 N–H and O–H groups in total. The first-order valence-electron chi connectivity index (χ1n) is 22.5. The highest BCUT2D eigenvalue weighted by atomic mass is 16.5. The van der Waals surface area contributed by atoms with Gasteiger partial charge in [0, 0.05) is 17.1 Å². The van der Waals surface area contributed by atoms with Gasteiger partial charge in [0.2, 0.25) is 11.9 Å². The van der Waals surface area contributed by atoms with Crippen molar-refractivity contribution in [3.63, 3.8) is 0 Å². The summed E-state index contributed by atoms with van der Waals surface area (Å²) in [6.07, 6.45) is 12.8. The molecule has 0 radical (unpaired) electrons. The van der Waals surface area contributed by atoms with Crippen molar-refractivity contribution in [2.45, 2.75) is 125 Å². The first-order valence-corrected chi connectivity index (χ1v) is 22.5. The van der Waals surface area contributed by atoms with Crippen LogP contribution in [-0.4, -0.2) is 52.7 Å². The van der Waals surface area contributed by atoms with E-state index in [1.54, 1.807) is 60.7 Å². The van der Waals surface area contributed by atoms with Crippen LogP contribution in [0.2, 0.25) is 0 Å². The summed E-state index contributed by atoms with van der Waals surface area (Å²) in [6, 6.07) is 21.1. The zero-order valence-electron chi connectivity index (χ0n) is 37.3. The van der Waals surface area contributed by atoms with E-state index in [1.165, 1.54) is 0 Å². The number of carbonyl (C=O) groups excluding carboxylic acids is 3. The smallest absolute Gasteiger partial charge is 0.338 e. The summed E-state index contributed by atoms with van der Waals surface area (Å²) in [6.45, 7) is 14.4. The Balaban J connectivity index is 1.46. The van der Waals surface area contributed by atoms with Gasteiger partial charge < -0.3 is 30.2 Å². The second-order valence-corrected chi connectivity index (χ2v) is 15.8. The van der Waals surface area contributed by atoms with Crippen molar-refractivity contribution >= 4 is 46.9 Å². The number of carbonyl (C=O) groups is 3. The van der Waals surface area contributed by atoms with E-state index in [0.717, 1.165) is 82.7 Å². The van der Waals surface area contributed by atoms with Gasteiger partial charge in [0.25, 0.3) is 0 Å². The fourth-order valence-corrected chi connectivity index (χ4v) is 6.68. The second kappa shape index (κ2) is 26.6. The lowest BCUT2D eigenvalue weighted by Gasteiger charge is -2.15. The van der Waals surface area contributed by atoms with Crippen LogP contribution in [0.25, 0.3) is 0 Å². The molecule has 0 saturated carbocycles. The molecule has 1 heterocycles. The van der Waals surface area contributed by atoms with Crippen molar-refractivity contribution in [1.29, 1.82) is 0 Å². The highest BCUT2D eigenvalue weighted by molar-refractivity contribution is 5.91. The Morgan fingerprint density at radius 3 is 1.11 bits per heavy atom. The molecule has 1 aromatic heterocycles. The van der Waals surface area contributed by atoms with E-state index in [0.29, 0.717) is 71.5 Å². The van der Waals surface area contributed by atoms with Crippen LogP contribution in [0, 0.1) is 17.8 Å². The summed E-state index contributed by atoms with van der Waals surface area (Å²) < 4.78 is 16.9. The van der Waals surface area contributed by atoms with Crippen LogP contribution >= 0.6 is 0 Å². The van der Waals surface area contributed by atoms with Crippen LogP contribution in [-0.2, 0) is 20.8 Å². The standard InChI is InChI=1S/C49H68N6O6/c1-7-13-16-35(10-4)32-59-45(56)38-19-25-41(26-20-38)50-31-44-53-48(51-42-27-21-39(22-28-42)46(57)60-33-36(11-5)17-14-8-2)55-49(54-44)52-43-29-23-40(24-30-43)47(58)61-34-37(12-6)18-15-9-3/h19-30,35-37,50H,7-18,31-34H2,1-6H3,(H2,51,52,53,54,55). The van der Waals surface area contributed by atoms with Crippen molar-refractivity contribution < 1.29 is 28.6 Å². The number of aromatic nitrogens is 3. The summed E-state index contributed by atoms with van der Waals surface area (Å²) >= 11 is 0. The lowest BCUT2D eigenvalue weighted by Crippen LogP contribution is -2.14. The molecule has 330 valence electrons. The van der Waals surface area contributed by atoms with Gasteiger partial charge in [-0.25, -0.2) is 14.4 Å². The fraction of sp³-hybridized carbons (Fsp3) is 0.510. The molecule has 3 atom stereocenters. The molecule has 0 fully saturated rings. The van der Waals surface area contributed by atoms with Crippen LogP contribution in [0.4, 0.5) is 29.0 Å². The molecule has 3 unspecified atom stereocenters. The maximum atomic E-state index is 12.8. The summed E-state index contributed by atoms with van der Waals surface area (Å²) in [5.74, 6) is 1.04. The Kier molecular flexibility index (Phi) is 21.0. The van der Waals surface area contributed by atoms with Crippen molar-refractivity contribution in [3.05, 3.63) is 95.3 Å². The van der Waals surface area contributed by atoms with E-state index in [2.05, 4.69) is 72.4 Å². The Morgan fingerprint density at radius 2 is 0.803 bits per heavy atom. The van der Waals surface area contributed by atoms with Crippen LogP contribution < -0.4 is 16.0 Å². The van der Waals surface area contributed by atoms with Crippen LogP contribution in [0.15, 0.2) is 72.8 Å². The van der Waals surface area contributed by atoms with Crippen molar-refractivity contribution in [3.8, 4) is 0 Å². The number of ether oxygens (including phenoxy) is 3. The summed E-state index contributed by atoms with van der Waals surface area (Å²) in [7, 11) is 0. The number of nitrogens with zero attached hydrogens (tertiary/aromatic N) is 3. The molecule has 0 amide bonds. The number of rotatable bonds is 28. The number of unbranched alkanes of at least 4 members (excludes halogenated alkanes) is 3. The van der Waals surface area contributed by atoms with Crippen molar-refractivity contribution in [2.75, 3.05) is 35.8 Å².